The van der Waals surface area contributed by atoms with Crippen LogP contribution < -0.4 is 16.0 Å². The second kappa shape index (κ2) is 6.09. The molecule has 0 saturated carbocycles. The highest BCUT2D eigenvalue weighted by Crippen LogP contribution is 2.09. The molecule has 0 aromatic rings. The van der Waals surface area contributed by atoms with Crippen LogP contribution >= 0.6 is 0 Å². The van der Waals surface area contributed by atoms with E-state index in [2.05, 4.69) is 16.0 Å². The second-order valence-electron chi connectivity index (χ2n) is 5.65. The first-order chi connectivity index (χ1) is 7.47. The lowest BCUT2D eigenvalue weighted by atomic mass is 10.0. The number of hydrogen-bond acceptors (Lipinski definition) is 2. The summed E-state index contributed by atoms with van der Waals surface area (Å²) in [5.74, 6) is 0.577. The zero-order valence-corrected chi connectivity index (χ0v) is 10.7. The van der Waals surface area contributed by atoms with Crippen molar-refractivity contribution in [3.8, 4) is 0 Å². The third-order valence-electron chi connectivity index (χ3n) is 2.69. The van der Waals surface area contributed by atoms with E-state index in [0.717, 1.165) is 19.6 Å². The van der Waals surface area contributed by atoms with Gasteiger partial charge >= 0.3 is 6.03 Å². The van der Waals surface area contributed by atoms with Gasteiger partial charge in [0.15, 0.2) is 0 Å². The maximum atomic E-state index is 11.5. The maximum absolute atomic E-state index is 11.5. The Morgan fingerprint density at radius 1 is 1.38 bits per heavy atom. The molecule has 1 aliphatic rings. The molecule has 3 N–H and O–H groups in total. The third-order valence-corrected chi connectivity index (χ3v) is 2.69. The topological polar surface area (TPSA) is 53.2 Å². The minimum absolute atomic E-state index is 0.0586. The fraction of sp³-hybridized carbons (Fsp3) is 0.917. The first-order valence-electron chi connectivity index (χ1n) is 6.24. The Kier molecular flexibility index (Phi) is 5.06. The minimum atomic E-state index is -0.161. The van der Waals surface area contributed by atoms with Gasteiger partial charge in [0.1, 0.15) is 0 Å². The summed E-state index contributed by atoms with van der Waals surface area (Å²) in [4.78, 5) is 11.5. The predicted octanol–water partition coefficient (Wildman–Crippen LogP) is 1.47. The second-order valence-corrected chi connectivity index (χ2v) is 5.65. The van der Waals surface area contributed by atoms with Crippen LogP contribution in [-0.2, 0) is 0 Å². The Morgan fingerprint density at radius 2 is 2.12 bits per heavy atom. The SMILES string of the molecule is CC(C)(C)NC(=O)NCC1CCCCNC1. The van der Waals surface area contributed by atoms with E-state index >= 15 is 0 Å². The van der Waals surface area contributed by atoms with Crippen molar-refractivity contribution in [3.05, 3.63) is 0 Å². The summed E-state index contributed by atoms with van der Waals surface area (Å²) in [6.45, 7) is 8.87. The minimum Gasteiger partial charge on any atom is -0.338 e. The summed E-state index contributed by atoms with van der Waals surface area (Å²) in [6.07, 6.45) is 3.73. The normalized spacial score (nSPS) is 22.3. The van der Waals surface area contributed by atoms with Gasteiger partial charge in [-0.3, -0.25) is 0 Å². The summed E-state index contributed by atoms with van der Waals surface area (Å²) in [6, 6.07) is -0.0586. The van der Waals surface area contributed by atoms with Crippen molar-refractivity contribution >= 4 is 6.03 Å². The highest BCUT2D eigenvalue weighted by atomic mass is 16.2. The molecule has 1 aliphatic heterocycles. The fourth-order valence-corrected chi connectivity index (χ4v) is 1.89. The summed E-state index contributed by atoms with van der Waals surface area (Å²) >= 11 is 0. The van der Waals surface area contributed by atoms with E-state index < -0.39 is 0 Å². The van der Waals surface area contributed by atoms with Crippen LogP contribution in [0.2, 0.25) is 0 Å². The van der Waals surface area contributed by atoms with Crippen molar-refractivity contribution in [2.24, 2.45) is 5.92 Å². The molecule has 4 heteroatoms. The number of carbonyl (C=O) groups excluding carboxylic acids is 1. The van der Waals surface area contributed by atoms with Crippen LogP contribution in [0.25, 0.3) is 0 Å². The van der Waals surface area contributed by atoms with Crippen molar-refractivity contribution in [2.75, 3.05) is 19.6 Å². The van der Waals surface area contributed by atoms with E-state index in [1.54, 1.807) is 0 Å². The van der Waals surface area contributed by atoms with Crippen LogP contribution in [-0.4, -0.2) is 31.2 Å². The van der Waals surface area contributed by atoms with Gasteiger partial charge in [-0.15, -0.1) is 0 Å². The molecule has 1 heterocycles. The molecule has 1 fully saturated rings. The van der Waals surface area contributed by atoms with Crippen molar-refractivity contribution in [1.82, 2.24) is 16.0 Å². The molecule has 0 aliphatic carbocycles. The Morgan fingerprint density at radius 3 is 2.81 bits per heavy atom. The van der Waals surface area contributed by atoms with Crippen LogP contribution in [0.1, 0.15) is 40.0 Å². The molecule has 0 radical (unpaired) electrons. The van der Waals surface area contributed by atoms with Crippen molar-refractivity contribution in [3.63, 3.8) is 0 Å². The molecule has 0 bridgehead atoms. The van der Waals surface area contributed by atoms with Gasteiger partial charge in [-0.1, -0.05) is 6.42 Å². The largest absolute Gasteiger partial charge is 0.338 e. The highest BCUT2D eigenvalue weighted by Gasteiger charge is 2.16. The number of hydrogen-bond donors (Lipinski definition) is 3. The number of amides is 2. The summed E-state index contributed by atoms with van der Waals surface area (Å²) < 4.78 is 0. The summed E-state index contributed by atoms with van der Waals surface area (Å²) in [5, 5.41) is 9.25. The monoisotopic (exact) mass is 227 g/mol. The zero-order chi connectivity index (χ0) is 12.0. The first kappa shape index (κ1) is 13.3. The van der Waals surface area contributed by atoms with E-state index in [0.29, 0.717) is 5.92 Å². The molecular formula is C12H25N3O. The Hall–Kier alpha value is -0.770. The molecule has 16 heavy (non-hydrogen) atoms. The first-order valence-corrected chi connectivity index (χ1v) is 6.24. The molecule has 94 valence electrons. The van der Waals surface area contributed by atoms with Gasteiger partial charge in [-0.05, 0) is 52.6 Å². The average molecular weight is 227 g/mol. The van der Waals surface area contributed by atoms with Crippen molar-refractivity contribution in [1.29, 1.82) is 0 Å². The molecule has 1 atom stereocenters. The maximum Gasteiger partial charge on any atom is 0.315 e. The molecular weight excluding hydrogens is 202 g/mol. The van der Waals surface area contributed by atoms with Gasteiger partial charge in [0.2, 0.25) is 0 Å². The molecule has 4 nitrogen and oxygen atoms in total. The molecule has 0 spiro atoms. The summed E-state index contributed by atoms with van der Waals surface area (Å²) in [7, 11) is 0. The van der Waals surface area contributed by atoms with Crippen LogP contribution in [0.3, 0.4) is 0 Å². The molecule has 1 unspecified atom stereocenters. The van der Waals surface area contributed by atoms with Gasteiger partial charge in [-0.2, -0.15) is 0 Å². The van der Waals surface area contributed by atoms with Gasteiger partial charge in [0.25, 0.3) is 0 Å². The Labute approximate surface area is 98.6 Å². The van der Waals surface area contributed by atoms with Gasteiger partial charge in [0.05, 0.1) is 0 Å². The molecule has 1 saturated heterocycles. The van der Waals surface area contributed by atoms with E-state index in [-0.39, 0.29) is 11.6 Å². The van der Waals surface area contributed by atoms with Crippen LogP contribution in [0, 0.1) is 5.92 Å². The Balaban J connectivity index is 2.20. The lowest BCUT2D eigenvalue weighted by Crippen LogP contribution is -2.48. The van der Waals surface area contributed by atoms with Crippen LogP contribution in [0.4, 0.5) is 4.79 Å². The Bertz CT molecular complexity index is 215. The van der Waals surface area contributed by atoms with E-state index in [9.17, 15) is 4.79 Å². The highest BCUT2D eigenvalue weighted by molar-refractivity contribution is 5.74. The molecule has 1 rings (SSSR count). The van der Waals surface area contributed by atoms with Crippen LogP contribution in [0.5, 0.6) is 0 Å². The number of urea groups is 1. The van der Waals surface area contributed by atoms with E-state index in [1.807, 2.05) is 20.8 Å². The standard InChI is InChI=1S/C12H25N3O/c1-12(2,3)15-11(16)14-9-10-6-4-5-7-13-8-10/h10,13H,4-9H2,1-3H3,(H2,14,15,16). The summed E-state index contributed by atoms with van der Waals surface area (Å²) in [5.41, 5.74) is -0.161. The van der Waals surface area contributed by atoms with Gasteiger partial charge < -0.3 is 16.0 Å². The number of carbonyl (C=O) groups is 1. The van der Waals surface area contributed by atoms with E-state index in [4.69, 9.17) is 0 Å². The van der Waals surface area contributed by atoms with E-state index in [1.165, 1.54) is 19.3 Å². The fourth-order valence-electron chi connectivity index (χ4n) is 1.89. The molecule has 0 aromatic carbocycles. The van der Waals surface area contributed by atoms with Crippen LogP contribution in [0.15, 0.2) is 0 Å². The zero-order valence-electron chi connectivity index (χ0n) is 10.7. The smallest absolute Gasteiger partial charge is 0.315 e. The number of rotatable bonds is 2. The quantitative estimate of drug-likeness (QED) is 0.669. The molecule has 2 amide bonds. The number of nitrogens with one attached hydrogen (secondary N) is 3. The average Bonchev–Trinajstić information content (AvgIpc) is 2.39. The third kappa shape index (κ3) is 5.95. The van der Waals surface area contributed by atoms with Crippen molar-refractivity contribution < 1.29 is 4.79 Å². The van der Waals surface area contributed by atoms with Gasteiger partial charge in [-0.25, -0.2) is 4.79 Å². The predicted molar refractivity (Wildman–Crippen MR) is 66.5 cm³/mol. The lowest BCUT2D eigenvalue weighted by Gasteiger charge is -2.22. The lowest BCUT2D eigenvalue weighted by molar-refractivity contribution is 0.229. The van der Waals surface area contributed by atoms with Gasteiger partial charge in [0, 0.05) is 12.1 Å². The molecule has 0 aromatic heterocycles. The van der Waals surface area contributed by atoms with Crippen molar-refractivity contribution in [2.45, 2.75) is 45.6 Å².